The van der Waals surface area contributed by atoms with Gasteiger partial charge in [0.2, 0.25) is 0 Å². The largest absolute Gasteiger partial charge is 2.00 e. The fraction of sp³-hybridized carbons (Fsp3) is 0.905. The van der Waals surface area contributed by atoms with Crippen molar-refractivity contribution in [3.8, 4) is 11.8 Å². The standard InChI is InChI=1S/2C21H39.Ni/c2*1-3-5-7-9-11-13-15-17-19-21-20-18-16-14-12-10-8-6-4-2;/h2*3,5-21H2,1H3;/q2*-1;+2. The molecule has 0 atom stereocenters. The summed E-state index contributed by atoms with van der Waals surface area (Å²) in [4.78, 5) is 0. The Hall–Kier alpha value is -0.386. The molecule has 0 rings (SSSR count). The molecule has 0 radical (unpaired) electrons. The molecule has 0 unspecified atom stereocenters. The Bertz CT molecular complexity index is 476. The molecular weight excluding hydrogens is 563 g/mol. The zero-order chi connectivity index (χ0) is 30.9. The minimum absolute atomic E-state index is 0. The predicted octanol–water partition coefficient (Wildman–Crippen LogP) is 15.2. The first-order valence-electron chi connectivity index (χ1n) is 19.6. The van der Waals surface area contributed by atoms with E-state index in [9.17, 15) is 0 Å². The van der Waals surface area contributed by atoms with Crippen LogP contribution in [0.25, 0.3) is 0 Å². The summed E-state index contributed by atoms with van der Waals surface area (Å²) < 4.78 is 0. The molecule has 0 amide bonds. The van der Waals surface area contributed by atoms with E-state index < -0.39 is 0 Å². The summed E-state index contributed by atoms with van der Waals surface area (Å²) in [5.74, 6) is 4.94. The fourth-order valence-electron chi connectivity index (χ4n) is 5.88. The third kappa shape index (κ3) is 51.5. The van der Waals surface area contributed by atoms with E-state index in [0.717, 1.165) is 12.8 Å². The average molecular weight is 642 g/mol. The molecule has 0 spiro atoms. The summed E-state index contributed by atoms with van der Waals surface area (Å²) in [7, 11) is 0. The molecule has 0 fully saturated rings. The Morgan fingerprint density at radius 1 is 0.256 bits per heavy atom. The maximum absolute atomic E-state index is 6.84. The van der Waals surface area contributed by atoms with Crippen molar-refractivity contribution in [2.75, 3.05) is 0 Å². The van der Waals surface area contributed by atoms with Crippen LogP contribution in [0.3, 0.4) is 0 Å². The van der Waals surface area contributed by atoms with Gasteiger partial charge in [-0.1, -0.05) is 219 Å². The molecule has 0 saturated carbocycles. The van der Waals surface area contributed by atoms with Gasteiger partial charge in [0.05, 0.1) is 0 Å². The molecule has 0 N–H and O–H groups in total. The van der Waals surface area contributed by atoms with Crippen LogP contribution in [0.1, 0.15) is 245 Å². The minimum atomic E-state index is 0. The smallest absolute Gasteiger partial charge is 0.694 e. The summed E-state index contributed by atoms with van der Waals surface area (Å²) in [5, 5.41) is 0. The summed E-state index contributed by atoms with van der Waals surface area (Å²) in [5.41, 5.74) is 0. The molecule has 0 bridgehead atoms. The molecule has 0 aromatic heterocycles. The van der Waals surface area contributed by atoms with Gasteiger partial charge >= 0.3 is 16.5 Å². The SMILES string of the molecule is [C-]#CCCCCCCCCCCCCCCCCCCC.[C-]#CCCCCCCCCCCCCCCCCCCC.[Ni+2]. The Balaban J connectivity index is -0.000000727. The van der Waals surface area contributed by atoms with Crippen molar-refractivity contribution in [1.29, 1.82) is 0 Å². The van der Waals surface area contributed by atoms with Crippen molar-refractivity contribution in [1.82, 2.24) is 0 Å². The molecule has 0 aliphatic carbocycles. The van der Waals surface area contributed by atoms with Crippen LogP contribution in [0, 0.1) is 24.7 Å². The van der Waals surface area contributed by atoms with Crippen molar-refractivity contribution in [2.24, 2.45) is 0 Å². The molecule has 0 aromatic rings. The van der Waals surface area contributed by atoms with Gasteiger partial charge in [-0.25, -0.2) is 0 Å². The second-order valence-corrected chi connectivity index (χ2v) is 13.2. The first-order chi connectivity index (χ1) is 20.8. The van der Waals surface area contributed by atoms with E-state index in [1.807, 2.05) is 0 Å². The van der Waals surface area contributed by atoms with E-state index in [-0.39, 0.29) is 16.5 Å². The van der Waals surface area contributed by atoms with Crippen molar-refractivity contribution < 1.29 is 16.5 Å². The van der Waals surface area contributed by atoms with Crippen molar-refractivity contribution in [2.45, 2.75) is 245 Å². The van der Waals surface area contributed by atoms with E-state index in [0.29, 0.717) is 0 Å². The van der Waals surface area contributed by atoms with Crippen molar-refractivity contribution >= 4 is 0 Å². The van der Waals surface area contributed by atoms with Crippen molar-refractivity contribution in [3.05, 3.63) is 12.8 Å². The maximum Gasteiger partial charge on any atom is 2.00 e. The topological polar surface area (TPSA) is 0 Å². The summed E-state index contributed by atoms with van der Waals surface area (Å²) in [6.45, 7) is 4.58. The Morgan fingerprint density at radius 2 is 0.395 bits per heavy atom. The monoisotopic (exact) mass is 641 g/mol. The normalized spacial score (nSPS) is 10.4. The van der Waals surface area contributed by atoms with E-state index >= 15 is 0 Å². The first-order valence-corrected chi connectivity index (χ1v) is 19.6. The molecule has 0 aliphatic heterocycles. The van der Waals surface area contributed by atoms with Crippen LogP contribution in [-0.2, 0) is 16.5 Å². The summed E-state index contributed by atoms with van der Waals surface area (Å²) in [6, 6.07) is 0. The third-order valence-corrected chi connectivity index (χ3v) is 8.81. The fourth-order valence-corrected chi connectivity index (χ4v) is 5.88. The summed E-state index contributed by atoms with van der Waals surface area (Å²) >= 11 is 0. The van der Waals surface area contributed by atoms with Gasteiger partial charge in [0.1, 0.15) is 0 Å². The van der Waals surface area contributed by atoms with E-state index in [2.05, 4.69) is 25.7 Å². The second kappa shape index (κ2) is 48.5. The van der Waals surface area contributed by atoms with Gasteiger partial charge in [0.15, 0.2) is 0 Å². The quantitative estimate of drug-likeness (QED) is 0.0284. The van der Waals surface area contributed by atoms with Gasteiger partial charge < -0.3 is 24.7 Å². The van der Waals surface area contributed by atoms with Crippen LogP contribution in [0.2, 0.25) is 0 Å². The van der Waals surface area contributed by atoms with Gasteiger partial charge in [-0.15, -0.1) is 0 Å². The van der Waals surface area contributed by atoms with Gasteiger partial charge in [-0.3, -0.25) is 0 Å². The summed E-state index contributed by atoms with van der Waals surface area (Å²) in [6.07, 6.45) is 63.5. The van der Waals surface area contributed by atoms with E-state index in [1.165, 1.54) is 218 Å². The number of rotatable bonds is 34. The van der Waals surface area contributed by atoms with Crippen LogP contribution < -0.4 is 0 Å². The molecule has 0 heterocycles. The molecule has 1 heteroatoms. The van der Waals surface area contributed by atoms with Crippen LogP contribution in [0.15, 0.2) is 0 Å². The van der Waals surface area contributed by atoms with Gasteiger partial charge in [-0.2, -0.15) is 0 Å². The van der Waals surface area contributed by atoms with Crippen LogP contribution in [0.4, 0.5) is 0 Å². The minimum Gasteiger partial charge on any atom is -0.694 e. The zero-order valence-corrected chi connectivity index (χ0v) is 30.8. The van der Waals surface area contributed by atoms with Gasteiger partial charge in [-0.05, 0) is 25.7 Å². The molecule has 0 saturated heterocycles. The Kier molecular flexibility index (Phi) is 53.1. The molecule has 0 aliphatic rings. The third-order valence-electron chi connectivity index (χ3n) is 8.81. The molecule has 0 aromatic carbocycles. The van der Waals surface area contributed by atoms with Crippen LogP contribution >= 0.6 is 0 Å². The van der Waals surface area contributed by atoms with Crippen molar-refractivity contribution in [3.63, 3.8) is 0 Å². The predicted molar refractivity (Wildman–Crippen MR) is 192 cm³/mol. The number of hydrogen-bond acceptors (Lipinski definition) is 0. The number of unbranched alkanes of at least 4 members (excludes halogenated alkanes) is 34. The molecule has 0 nitrogen and oxygen atoms in total. The maximum atomic E-state index is 6.84. The zero-order valence-electron chi connectivity index (χ0n) is 29.8. The van der Waals surface area contributed by atoms with Gasteiger partial charge in [0.25, 0.3) is 0 Å². The molecular formula is C42H78Ni. The first kappa shape index (κ1) is 47.0. The van der Waals surface area contributed by atoms with E-state index in [1.54, 1.807) is 0 Å². The average Bonchev–Trinajstić information content (AvgIpc) is 3.00. The number of hydrogen-bond donors (Lipinski definition) is 0. The van der Waals surface area contributed by atoms with E-state index in [4.69, 9.17) is 12.8 Å². The Morgan fingerprint density at radius 3 is 0.535 bits per heavy atom. The van der Waals surface area contributed by atoms with Crippen LogP contribution in [-0.4, -0.2) is 0 Å². The second-order valence-electron chi connectivity index (χ2n) is 13.2. The molecule has 256 valence electrons. The van der Waals surface area contributed by atoms with Gasteiger partial charge in [0, 0.05) is 0 Å². The van der Waals surface area contributed by atoms with Crippen LogP contribution in [0.5, 0.6) is 0 Å². The molecule has 43 heavy (non-hydrogen) atoms. The Labute approximate surface area is 285 Å².